The molecule has 3 N–H and O–H groups in total. The second kappa shape index (κ2) is 14.7. The summed E-state index contributed by atoms with van der Waals surface area (Å²) in [6.07, 6.45) is -2.52. The number of carbonyl (C=O) groups excluding carboxylic acids is 2. The second-order valence-electron chi connectivity index (χ2n) is 12.2. The molecular formula is C34H38F3N7O3S. The number of carbonyl (C=O) groups is 2. The number of aromatic nitrogens is 3. The Kier molecular flexibility index (Phi) is 10.6. The molecule has 3 atom stereocenters. The van der Waals surface area contributed by atoms with Crippen molar-refractivity contribution in [2.45, 2.75) is 64.0 Å². The minimum Gasteiger partial charge on any atom is -0.508 e. The Hall–Kier alpha value is -4.56. The largest absolute Gasteiger partial charge is 0.508 e. The molecule has 1 aliphatic rings. The zero-order chi connectivity index (χ0) is 34.6. The third kappa shape index (κ3) is 8.47. The summed E-state index contributed by atoms with van der Waals surface area (Å²) >= 11 is 1.52. The minimum atomic E-state index is -4.46. The SMILES string of the molecule is Cc1csc([C@H]2CCCN2C(=O)c2cc(C(=O)N[C@@H](C)CC(NCc3cccc(C(F)(F)F)c3)c3cccc(O)c3)nc(N(C)C)n2)n1. The van der Waals surface area contributed by atoms with Crippen molar-refractivity contribution in [2.75, 3.05) is 25.5 Å². The molecule has 0 aliphatic carbocycles. The monoisotopic (exact) mass is 681 g/mol. The van der Waals surface area contributed by atoms with Crippen LogP contribution in [0, 0.1) is 6.92 Å². The first-order chi connectivity index (χ1) is 22.8. The van der Waals surface area contributed by atoms with Crippen molar-refractivity contribution in [1.82, 2.24) is 30.5 Å². The van der Waals surface area contributed by atoms with Crippen LogP contribution in [0.15, 0.2) is 60.0 Å². The third-order valence-corrected chi connectivity index (χ3v) is 9.11. The smallest absolute Gasteiger partial charge is 0.416 e. The van der Waals surface area contributed by atoms with E-state index in [4.69, 9.17) is 0 Å². The molecule has 14 heteroatoms. The lowest BCUT2D eigenvalue weighted by molar-refractivity contribution is -0.137. The molecular weight excluding hydrogens is 643 g/mol. The highest BCUT2D eigenvalue weighted by Crippen LogP contribution is 2.35. The number of phenolic OH excluding ortho intramolecular Hbond substituents is 1. The van der Waals surface area contributed by atoms with Gasteiger partial charge in [-0.05, 0) is 62.4 Å². The maximum atomic E-state index is 13.8. The lowest BCUT2D eigenvalue weighted by atomic mass is 9.99. The van der Waals surface area contributed by atoms with Crippen LogP contribution in [0.25, 0.3) is 0 Å². The van der Waals surface area contributed by atoms with Gasteiger partial charge in [0.25, 0.3) is 11.8 Å². The van der Waals surface area contributed by atoms with Crippen LogP contribution in [-0.2, 0) is 12.7 Å². The number of amides is 2. The fourth-order valence-corrected chi connectivity index (χ4v) is 6.63. The predicted molar refractivity (Wildman–Crippen MR) is 177 cm³/mol. The first-order valence-corrected chi connectivity index (χ1v) is 16.4. The van der Waals surface area contributed by atoms with Gasteiger partial charge >= 0.3 is 6.18 Å². The van der Waals surface area contributed by atoms with Crippen molar-refractivity contribution >= 4 is 29.1 Å². The van der Waals surface area contributed by atoms with Gasteiger partial charge in [-0.1, -0.05) is 30.3 Å². The van der Waals surface area contributed by atoms with Gasteiger partial charge in [-0.25, -0.2) is 15.0 Å². The molecule has 1 fully saturated rings. The molecule has 4 aromatic rings. The Morgan fingerprint density at radius 2 is 1.83 bits per heavy atom. The zero-order valence-electron chi connectivity index (χ0n) is 27.1. The van der Waals surface area contributed by atoms with Crippen LogP contribution >= 0.6 is 11.3 Å². The zero-order valence-corrected chi connectivity index (χ0v) is 27.9. The molecule has 5 rings (SSSR count). The first kappa shape index (κ1) is 34.8. The number of aromatic hydroxyl groups is 1. The molecule has 0 spiro atoms. The molecule has 1 unspecified atom stereocenters. The lowest BCUT2D eigenvalue weighted by Gasteiger charge is -2.25. The van der Waals surface area contributed by atoms with E-state index in [9.17, 15) is 27.9 Å². The number of halogens is 3. The van der Waals surface area contributed by atoms with Gasteiger partial charge in [-0.3, -0.25) is 9.59 Å². The van der Waals surface area contributed by atoms with Gasteiger partial charge in [0.05, 0.1) is 11.6 Å². The summed E-state index contributed by atoms with van der Waals surface area (Å²) < 4.78 is 39.9. The molecule has 1 aliphatic heterocycles. The molecule has 2 aromatic heterocycles. The second-order valence-corrected chi connectivity index (χ2v) is 13.0. The van der Waals surface area contributed by atoms with E-state index in [1.807, 2.05) is 12.3 Å². The first-order valence-electron chi connectivity index (χ1n) is 15.6. The summed E-state index contributed by atoms with van der Waals surface area (Å²) in [5, 5.41) is 19.2. The van der Waals surface area contributed by atoms with Gasteiger partial charge in [0.15, 0.2) is 0 Å². The number of hydrogen-bond acceptors (Lipinski definition) is 9. The quantitative estimate of drug-likeness (QED) is 0.175. The number of nitrogens with zero attached hydrogens (tertiary/aromatic N) is 5. The number of thiazole rings is 1. The molecule has 254 valence electrons. The summed E-state index contributed by atoms with van der Waals surface area (Å²) in [4.78, 5) is 44.2. The standard InChI is InChI=1S/C34H38F3N7O3S/c1-20(14-26(23-9-6-11-25(45)16-23)38-18-22-8-5-10-24(15-22)34(35,36)37)39-30(46)27-17-28(42-33(41-27)43(3)4)32(47)44-13-7-12-29(44)31-40-21(2)19-48-31/h5-6,8-11,15-17,19-20,26,29,38,45H,7,12-14,18H2,1-4H3,(H,39,46)/t20-,26?,29+/m0/s1. The van der Waals surface area contributed by atoms with Gasteiger partial charge in [0, 0.05) is 56.4 Å². The average Bonchev–Trinajstić information content (AvgIpc) is 3.71. The Bertz CT molecular complexity index is 1760. The van der Waals surface area contributed by atoms with Gasteiger partial charge in [0.2, 0.25) is 5.95 Å². The molecule has 0 saturated carbocycles. The van der Waals surface area contributed by atoms with E-state index < -0.39 is 29.7 Å². The van der Waals surface area contributed by atoms with Crippen LogP contribution in [0.1, 0.15) is 86.6 Å². The van der Waals surface area contributed by atoms with E-state index in [0.29, 0.717) is 24.1 Å². The number of hydrogen-bond donors (Lipinski definition) is 3. The third-order valence-electron chi connectivity index (χ3n) is 8.05. The summed E-state index contributed by atoms with van der Waals surface area (Å²) in [5.74, 6) is -0.571. The summed E-state index contributed by atoms with van der Waals surface area (Å²) in [7, 11) is 3.45. The van der Waals surface area contributed by atoms with Gasteiger partial charge < -0.3 is 25.5 Å². The van der Waals surface area contributed by atoms with Crippen LogP contribution in [-0.4, -0.2) is 63.5 Å². The number of likely N-dealkylation sites (tertiary alicyclic amines) is 1. The molecule has 2 amide bonds. The number of anilines is 1. The molecule has 3 heterocycles. The van der Waals surface area contributed by atoms with Crippen LogP contribution in [0.2, 0.25) is 0 Å². The Morgan fingerprint density at radius 1 is 1.08 bits per heavy atom. The Balaban J connectivity index is 1.33. The van der Waals surface area contributed by atoms with Gasteiger partial charge in [-0.2, -0.15) is 13.2 Å². The molecule has 0 radical (unpaired) electrons. The van der Waals surface area contributed by atoms with E-state index in [1.165, 1.54) is 29.5 Å². The molecule has 48 heavy (non-hydrogen) atoms. The number of benzene rings is 2. The van der Waals surface area contributed by atoms with Crippen LogP contribution < -0.4 is 15.5 Å². The summed E-state index contributed by atoms with van der Waals surface area (Å²) in [6, 6.07) is 12.0. The van der Waals surface area contributed by atoms with Crippen molar-refractivity contribution in [3.8, 4) is 5.75 Å². The minimum absolute atomic E-state index is 0.0237. The van der Waals surface area contributed by atoms with E-state index in [0.717, 1.165) is 35.7 Å². The number of aryl methyl sites for hydroxylation is 1. The van der Waals surface area contributed by atoms with Crippen molar-refractivity contribution in [3.63, 3.8) is 0 Å². The molecule has 10 nitrogen and oxygen atoms in total. The molecule has 1 saturated heterocycles. The van der Waals surface area contributed by atoms with E-state index in [1.54, 1.807) is 55.1 Å². The highest BCUT2D eigenvalue weighted by Gasteiger charge is 2.34. The van der Waals surface area contributed by atoms with E-state index >= 15 is 0 Å². The molecule has 2 aromatic carbocycles. The number of phenols is 1. The van der Waals surface area contributed by atoms with Crippen molar-refractivity contribution in [3.05, 3.63) is 98.8 Å². The van der Waals surface area contributed by atoms with Crippen LogP contribution in [0.5, 0.6) is 5.75 Å². The van der Waals surface area contributed by atoms with E-state index in [-0.39, 0.29) is 41.6 Å². The maximum absolute atomic E-state index is 13.8. The highest BCUT2D eigenvalue weighted by atomic mass is 32.1. The van der Waals surface area contributed by atoms with E-state index in [2.05, 4.69) is 25.6 Å². The summed E-state index contributed by atoms with van der Waals surface area (Å²) in [5.41, 5.74) is 1.42. The van der Waals surface area contributed by atoms with Crippen LogP contribution in [0.3, 0.4) is 0 Å². The fraction of sp³-hybridized carbons (Fsp3) is 0.382. The summed E-state index contributed by atoms with van der Waals surface area (Å²) in [6.45, 7) is 4.38. The van der Waals surface area contributed by atoms with Crippen molar-refractivity contribution < 1.29 is 27.9 Å². The maximum Gasteiger partial charge on any atom is 0.416 e. The highest BCUT2D eigenvalue weighted by molar-refractivity contribution is 7.09. The van der Waals surface area contributed by atoms with Crippen molar-refractivity contribution in [2.24, 2.45) is 0 Å². The van der Waals surface area contributed by atoms with Gasteiger partial charge in [-0.15, -0.1) is 11.3 Å². The fourth-order valence-electron chi connectivity index (χ4n) is 5.69. The van der Waals surface area contributed by atoms with Crippen molar-refractivity contribution in [1.29, 1.82) is 0 Å². The van der Waals surface area contributed by atoms with Crippen LogP contribution in [0.4, 0.5) is 19.1 Å². The van der Waals surface area contributed by atoms with Gasteiger partial charge in [0.1, 0.15) is 22.1 Å². The number of nitrogens with one attached hydrogen (secondary N) is 2. The number of alkyl halides is 3. The predicted octanol–water partition coefficient (Wildman–Crippen LogP) is 6.05. The Morgan fingerprint density at radius 3 is 2.52 bits per heavy atom. The molecule has 0 bridgehead atoms. The lowest BCUT2D eigenvalue weighted by Crippen LogP contribution is -2.37. The topological polar surface area (TPSA) is 124 Å². The Labute approximate surface area is 281 Å². The number of rotatable bonds is 11. The normalized spacial score (nSPS) is 16.1. The average molecular weight is 682 g/mol.